The first-order chi connectivity index (χ1) is 9.16. The highest BCUT2D eigenvalue weighted by molar-refractivity contribution is 5.34. The van der Waals surface area contributed by atoms with Gasteiger partial charge in [-0.2, -0.15) is 0 Å². The number of nitro groups is 1. The monoisotopic (exact) mass is 264 g/mol. The molecule has 104 valence electrons. The number of nitrogens with zero attached hydrogens (tertiary/aromatic N) is 1. The highest BCUT2D eigenvalue weighted by Crippen LogP contribution is 2.18. The fourth-order valence-corrected chi connectivity index (χ4v) is 2.28. The van der Waals surface area contributed by atoms with Gasteiger partial charge >= 0.3 is 0 Å². The van der Waals surface area contributed by atoms with Crippen LogP contribution < -0.4 is 5.32 Å². The molecule has 0 radical (unpaired) electrons. The number of hydrogen-bond acceptors (Lipinski definition) is 4. The van der Waals surface area contributed by atoms with Gasteiger partial charge in [-0.05, 0) is 31.7 Å². The highest BCUT2D eigenvalue weighted by Gasteiger charge is 2.15. The SMILES string of the molecule is CC(NCC1CCCCO1)c1ccc([N+](=O)[O-])cc1. The van der Waals surface area contributed by atoms with Crippen molar-refractivity contribution in [2.45, 2.75) is 38.3 Å². The fourth-order valence-electron chi connectivity index (χ4n) is 2.28. The Labute approximate surface area is 113 Å². The summed E-state index contributed by atoms with van der Waals surface area (Å²) in [5.41, 5.74) is 1.19. The van der Waals surface area contributed by atoms with Crippen molar-refractivity contribution >= 4 is 5.69 Å². The van der Waals surface area contributed by atoms with E-state index in [1.807, 2.05) is 0 Å². The van der Waals surface area contributed by atoms with E-state index >= 15 is 0 Å². The zero-order valence-corrected chi connectivity index (χ0v) is 11.2. The van der Waals surface area contributed by atoms with Crippen LogP contribution in [-0.4, -0.2) is 24.2 Å². The average Bonchev–Trinajstić information content (AvgIpc) is 2.46. The molecular formula is C14H20N2O3. The van der Waals surface area contributed by atoms with Crippen LogP contribution >= 0.6 is 0 Å². The Morgan fingerprint density at radius 3 is 2.74 bits per heavy atom. The quantitative estimate of drug-likeness (QED) is 0.656. The molecule has 2 unspecified atom stereocenters. The lowest BCUT2D eigenvalue weighted by Crippen LogP contribution is -2.33. The van der Waals surface area contributed by atoms with Gasteiger partial charge in [0.25, 0.3) is 5.69 Å². The summed E-state index contributed by atoms with van der Waals surface area (Å²) in [6.07, 6.45) is 3.81. The average molecular weight is 264 g/mol. The van der Waals surface area contributed by atoms with Gasteiger partial charge in [-0.1, -0.05) is 12.1 Å². The first kappa shape index (κ1) is 14.0. The van der Waals surface area contributed by atoms with Crippen molar-refractivity contribution < 1.29 is 9.66 Å². The Morgan fingerprint density at radius 1 is 1.42 bits per heavy atom. The van der Waals surface area contributed by atoms with Crippen molar-refractivity contribution in [3.05, 3.63) is 39.9 Å². The number of hydrogen-bond donors (Lipinski definition) is 1. The van der Waals surface area contributed by atoms with E-state index in [2.05, 4.69) is 12.2 Å². The minimum Gasteiger partial charge on any atom is -0.377 e. The second kappa shape index (κ2) is 6.63. The van der Waals surface area contributed by atoms with Gasteiger partial charge in [0, 0.05) is 31.3 Å². The third-order valence-electron chi connectivity index (χ3n) is 3.53. The summed E-state index contributed by atoms with van der Waals surface area (Å²) < 4.78 is 5.66. The number of non-ortho nitro benzene ring substituents is 1. The maximum absolute atomic E-state index is 10.6. The Kier molecular flexibility index (Phi) is 4.87. The van der Waals surface area contributed by atoms with E-state index in [0.29, 0.717) is 6.10 Å². The minimum atomic E-state index is -0.377. The molecule has 1 saturated heterocycles. The van der Waals surface area contributed by atoms with Gasteiger partial charge < -0.3 is 10.1 Å². The molecule has 1 heterocycles. The summed E-state index contributed by atoms with van der Waals surface area (Å²) in [4.78, 5) is 10.2. The lowest BCUT2D eigenvalue weighted by molar-refractivity contribution is -0.384. The molecule has 5 heteroatoms. The van der Waals surface area contributed by atoms with Gasteiger partial charge in [-0.25, -0.2) is 0 Å². The molecule has 0 bridgehead atoms. The third-order valence-corrected chi connectivity index (χ3v) is 3.53. The summed E-state index contributed by atoms with van der Waals surface area (Å²) in [7, 11) is 0. The van der Waals surface area contributed by atoms with Crippen LogP contribution in [0.5, 0.6) is 0 Å². The summed E-state index contributed by atoms with van der Waals surface area (Å²) in [5.74, 6) is 0. The van der Waals surface area contributed by atoms with Crippen molar-refractivity contribution in [3.8, 4) is 0 Å². The molecule has 1 aliphatic rings. The van der Waals surface area contributed by atoms with Crippen LogP contribution in [0.3, 0.4) is 0 Å². The normalized spacial score (nSPS) is 21.0. The number of ether oxygens (including phenoxy) is 1. The molecule has 1 aromatic rings. The van der Waals surface area contributed by atoms with Crippen molar-refractivity contribution in [1.82, 2.24) is 5.32 Å². The molecule has 1 fully saturated rings. The first-order valence-corrected chi connectivity index (χ1v) is 6.76. The van der Waals surface area contributed by atoms with Gasteiger partial charge in [0.15, 0.2) is 0 Å². The zero-order valence-electron chi connectivity index (χ0n) is 11.2. The summed E-state index contributed by atoms with van der Waals surface area (Å²) in [6.45, 7) is 3.75. The highest BCUT2D eigenvalue weighted by atomic mass is 16.6. The molecule has 0 amide bonds. The predicted molar refractivity (Wildman–Crippen MR) is 73.1 cm³/mol. The first-order valence-electron chi connectivity index (χ1n) is 6.76. The van der Waals surface area contributed by atoms with E-state index in [1.165, 1.54) is 6.42 Å². The second-order valence-corrected chi connectivity index (χ2v) is 4.97. The second-order valence-electron chi connectivity index (χ2n) is 4.97. The van der Waals surface area contributed by atoms with Gasteiger partial charge in [-0.15, -0.1) is 0 Å². The molecule has 0 aliphatic carbocycles. The van der Waals surface area contributed by atoms with Crippen LogP contribution in [0.25, 0.3) is 0 Å². The number of rotatable bonds is 5. The van der Waals surface area contributed by atoms with E-state index in [0.717, 1.165) is 31.6 Å². The molecule has 5 nitrogen and oxygen atoms in total. The molecule has 19 heavy (non-hydrogen) atoms. The predicted octanol–water partition coefficient (Wildman–Crippen LogP) is 2.81. The lowest BCUT2D eigenvalue weighted by atomic mass is 10.1. The standard InChI is InChI=1S/C14H20N2O3/c1-11(15-10-14-4-2-3-9-19-14)12-5-7-13(8-6-12)16(17)18/h5-8,11,14-15H,2-4,9-10H2,1H3. The van der Waals surface area contributed by atoms with Gasteiger partial charge in [0.1, 0.15) is 0 Å². The van der Waals surface area contributed by atoms with E-state index in [1.54, 1.807) is 24.3 Å². The largest absolute Gasteiger partial charge is 0.377 e. The number of nitrogens with one attached hydrogen (secondary N) is 1. The lowest BCUT2D eigenvalue weighted by Gasteiger charge is -2.24. The maximum atomic E-state index is 10.6. The van der Waals surface area contributed by atoms with Crippen LogP contribution in [0, 0.1) is 10.1 Å². The van der Waals surface area contributed by atoms with Gasteiger partial charge in [-0.3, -0.25) is 10.1 Å². The molecule has 1 aromatic carbocycles. The van der Waals surface area contributed by atoms with Crippen molar-refractivity contribution in [1.29, 1.82) is 0 Å². The molecule has 0 aromatic heterocycles. The third kappa shape index (κ3) is 4.01. The maximum Gasteiger partial charge on any atom is 0.269 e. The van der Waals surface area contributed by atoms with E-state index in [9.17, 15) is 10.1 Å². The van der Waals surface area contributed by atoms with E-state index in [-0.39, 0.29) is 16.7 Å². The van der Waals surface area contributed by atoms with Gasteiger partial charge in [0.2, 0.25) is 0 Å². The molecule has 0 saturated carbocycles. The van der Waals surface area contributed by atoms with Crippen LogP contribution in [0.15, 0.2) is 24.3 Å². The summed E-state index contributed by atoms with van der Waals surface area (Å²) >= 11 is 0. The molecule has 2 atom stereocenters. The Balaban J connectivity index is 1.84. The summed E-state index contributed by atoms with van der Waals surface area (Å²) in [6, 6.07) is 6.87. The zero-order chi connectivity index (χ0) is 13.7. The molecule has 1 aliphatic heterocycles. The van der Waals surface area contributed by atoms with E-state index < -0.39 is 0 Å². The minimum absolute atomic E-state index is 0.131. The van der Waals surface area contributed by atoms with Crippen molar-refractivity contribution in [2.75, 3.05) is 13.2 Å². The van der Waals surface area contributed by atoms with Crippen LogP contribution in [0.1, 0.15) is 37.8 Å². The Bertz CT molecular complexity index is 413. The topological polar surface area (TPSA) is 64.4 Å². The molecular weight excluding hydrogens is 244 g/mol. The number of benzene rings is 1. The van der Waals surface area contributed by atoms with Crippen LogP contribution in [0.4, 0.5) is 5.69 Å². The molecule has 1 N–H and O–H groups in total. The number of nitro benzene ring substituents is 1. The van der Waals surface area contributed by atoms with E-state index in [4.69, 9.17) is 4.74 Å². The van der Waals surface area contributed by atoms with Crippen molar-refractivity contribution in [3.63, 3.8) is 0 Å². The van der Waals surface area contributed by atoms with Crippen LogP contribution in [0.2, 0.25) is 0 Å². The fraction of sp³-hybridized carbons (Fsp3) is 0.571. The van der Waals surface area contributed by atoms with Crippen LogP contribution in [-0.2, 0) is 4.74 Å². The Morgan fingerprint density at radius 2 is 2.16 bits per heavy atom. The smallest absolute Gasteiger partial charge is 0.269 e. The van der Waals surface area contributed by atoms with Gasteiger partial charge in [0.05, 0.1) is 11.0 Å². The Hall–Kier alpha value is -1.46. The molecule has 0 spiro atoms. The molecule has 2 rings (SSSR count). The summed E-state index contributed by atoms with van der Waals surface area (Å²) in [5, 5.41) is 14.0. The van der Waals surface area contributed by atoms with Crippen molar-refractivity contribution in [2.24, 2.45) is 0 Å².